The van der Waals surface area contributed by atoms with Crippen LogP contribution >= 0.6 is 24.0 Å². The first-order valence-corrected chi connectivity index (χ1v) is 7.22. The molecular formula is C15H28IN3O2. The van der Waals surface area contributed by atoms with Crippen LogP contribution in [0.2, 0.25) is 0 Å². The van der Waals surface area contributed by atoms with Gasteiger partial charge in [-0.05, 0) is 46.5 Å². The third-order valence-electron chi connectivity index (χ3n) is 3.21. The number of aliphatic imine (C=N–C) groups is 1. The monoisotopic (exact) mass is 409 g/mol. The number of halogens is 1. The quantitative estimate of drug-likeness (QED) is 0.246. The van der Waals surface area contributed by atoms with Crippen molar-refractivity contribution in [2.75, 3.05) is 6.54 Å². The average Bonchev–Trinajstić information content (AvgIpc) is 2.35. The molecule has 6 heteroatoms. The van der Waals surface area contributed by atoms with Crippen LogP contribution in [0.5, 0.6) is 0 Å². The highest BCUT2D eigenvalue weighted by atomic mass is 127. The topological polar surface area (TPSA) is 76.7 Å². The number of guanidine groups is 1. The van der Waals surface area contributed by atoms with Gasteiger partial charge in [0.2, 0.25) is 0 Å². The molecule has 0 aliphatic heterocycles. The number of ether oxygens (including phenoxy) is 1. The molecule has 21 heavy (non-hydrogen) atoms. The normalized spacial score (nSPS) is 22.9. The molecule has 0 spiro atoms. The summed E-state index contributed by atoms with van der Waals surface area (Å²) in [5.41, 5.74) is 5.36. The molecule has 0 aromatic rings. The van der Waals surface area contributed by atoms with Crippen molar-refractivity contribution in [1.29, 1.82) is 0 Å². The van der Waals surface area contributed by atoms with E-state index in [2.05, 4.69) is 16.9 Å². The van der Waals surface area contributed by atoms with E-state index in [0.29, 0.717) is 18.5 Å². The SMILES string of the molecule is C=CCN=C(N)NC1CCC(C(=O)OC(C)(C)C)CC1.I. The van der Waals surface area contributed by atoms with Gasteiger partial charge in [-0.15, -0.1) is 30.6 Å². The Hall–Kier alpha value is -0.790. The van der Waals surface area contributed by atoms with Crippen LogP contribution in [0.15, 0.2) is 17.6 Å². The Morgan fingerprint density at radius 1 is 1.38 bits per heavy atom. The largest absolute Gasteiger partial charge is 0.460 e. The van der Waals surface area contributed by atoms with Crippen LogP contribution < -0.4 is 11.1 Å². The molecule has 122 valence electrons. The highest BCUT2D eigenvalue weighted by molar-refractivity contribution is 14.0. The summed E-state index contributed by atoms with van der Waals surface area (Å²) in [6.45, 7) is 9.81. The molecule has 0 heterocycles. The van der Waals surface area contributed by atoms with Gasteiger partial charge in [-0.25, -0.2) is 4.99 Å². The van der Waals surface area contributed by atoms with E-state index in [1.165, 1.54) is 0 Å². The van der Waals surface area contributed by atoms with E-state index in [1.54, 1.807) is 6.08 Å². The first-order valence-electron chi connectivity index (χ1n) is 7.22. The molecule has 0 bridgehead atoms. The fourth-order valence-corrected chi connectivity index (χ4v) is 2.28. The lowest BCUT2D eigenvalue weighted by atomic mass is 9.86. The van der Waals surface area contributed by atoms with Crippen molar-refractivity contribution in [3.8, 4) is 0 Å². The molecule has 3 N–H and O–H groups in total. The predicted octanol–water partition coefficient (Wildman–Crippen LogP) is 2.60. The predicted molar refractivity (Wildman–Crippen MR) is 96.8 cm³/mol. The van der Waals surface area contributed by atoms with E-state index in [4.69, 9.17) is 10.5 Å². The van der Waals surface area contributed by atoms with Crippen molar-refractivity contribution in [2.45, 2.75) is 58.1 Å². The summed E-state index contributed by atoms with van der Waals surface area (Å²) < 4.78 is 5.43. The molecule has 1 aliphatic rings. The van der Waals surface area contributed by atoms with Crippen molar-refractivity contribution in [1.82, 2.24) is 5.32 Å². The summed E-state index contributed by atoms with van der Waals surface area (Å²) in [6, 6.07) is 0.294. The van der Waals surface area contributed by atoms with Gasteiger partial charge in [-0.1, -0.05) is 6.08 Å². The van der Waals surface area contributed by atoms with Crippen LogP contribution in [-0.2, 0) is 9.53 Å². The highest BCUT2D eigenvalue weighted by Crippen LogP contribution is 2.26. The number of hydrogen-bond donors (Lipinski definition) is 2. The van der Waals surface area contributed by atoms with Gasteiger partial charge in [0.05, 0.1) is 12.5 Å². The standard InChI is InChI=1S/C15H27N3O2.HI/c1-5-10-17-14(16)18-12-8-6-11(7-9-12)13(19)20-15(2,3)4;/h5,11-12H,1,6-10H2,2-4H3,(H3,16,17,18);1H. The summed E-state index contributed by atoms with van der Waals surface area (Å²) in [7, 11) is 0. The van der Waals surface area contributed by atoms with Crippen molar-refractivity contribution in [3.63, 3.8) is 0 Å². The molecule has 0 saturated heterocycles. The van der Waals surface area contributed by atoms with Crippen LogP contribution in [-0.4, -0.2) is 30.1 Å². The minimum atomic E-state index is -0.409. The zero-order valence-corrected chi connectivity index (χ0v) is 15.6. The summed E-state index contributed by atoms with van der Waals surface area (Å²) >= 11 is 0. The number of carbonyl (C=O) groups is 1. The van der Waals surface area contributed by atoms with E-state index >= 15 is 0 Å². The Morgan fingerprint density at radius 2 is 1.95 bits per heavy atom. The van der Waals surface area contributed by atoms with Crippen molar-refractivity contribution in [3.05, 3.63) is 12.7 Å². The first kappa shape index (κ1) is 20.2. The number of nitrogens with two attached hydrogens (primary N) is 1. The maximum atomic E-state index is 12.0. The second-order valence-electron chi connectivity index (χ2n) is 6.24. The molecule has 0 amide bonds. The third-order valence-corrected chi connectivity index (χ3v) is 3.21. The number of esters is 1. The summed E-state index contributed by atoms with van der Waals surface area (Å²) in [6.07, 6.45) is 5.19. The molecule has 0 unspecified atom stereocenters. The lowest BCUT2D eigenvalue weighted by Gasteiger charge is -2.30. The molecule has 0 aromatic carbocycles. The fraction of sp³-hybridized carbons (Fsp3) is 0.733. The van der Waals surface area contributed by atoms with E-state index in [-0.39, 0.29) is 35.9 Å². The first-order chi connectivity index (χ1) is 9.31. The van der Waals surface area contributed by atoms with E-state index in [9.17, 15) is 4.79 Å². The van der Waals surface area contributed by atoms with Gasteiger partial charge in [0.1, 0.15) is 5.60 Å². The molecule has 5 nitrogen and oxygen atoms in total. The molecule has 0 atom stereocenters. The van der Waals surface area contributed by atoms with Gasteiger partial charge in [-0.2, -0.15) is 0 Å². The number of nitrogens with one attached hydrogen (secondary N) is 1. The Morgan fingerprint density at radius 3 is 2.43 bits per heavy atom. The Kier molecular flexibility index (Phi) is 8.92. The van der Waals surface area contributed by atoms with Crippen LogP contribution in [0.1, 0.15) is 46.5 Å². The maximum Gasteiger partial charge on any atom is 0.309 e. The van der Waals surface area contributed by atoms with E-state index in [1.807, 2.05) is 20.8 Å². The van der Waals surface area contributed by atoms with Crippen LogP contribution in [0.25, 0.3) is 0 Å². The van der Waals surface area contributed by atoms with Gasteiger partial charge < -0.3 is 15.8 Å². The Labute approximate surface area is 144 Å². The minimum Gasteiger partial charge on any atom is -0.460 e. The number of rotatable bonds is 4. The molecule has 0 aromatic heterocycles. The van der Waals surface area contributed by atoms with Gasteiger partial charge in [-0.3, -0.25) is 4.79 Å². The Bertz CT molecular complexity index is 370. The molecule has 1 saturated carbocycles. The second kappa shape index (κ2) is 9.27. The maximum absolute atomic E-state index is 12.0. The lowest BCUT2D eigenvalue weighted by molar-refractivity contribution is -0.161. The molecular weight excluding hydrogens is 381 g/mol. The van der Waals surface area contributed by atoms with Crippen molar-refractivity contribution in [2.24, 2.45) is 16.6 Å². The molecule has 1 fully saturated rings. The minimum absolute atomic E-state index is 0. The summed E-state index contributed by atoms with van der Waals surface area (Å²) in [4.78, 5) is 16.1. The number of carbonyl (C=O) groups excluding carboxylic acids is 1. The van der Waals surface area contributed by atoms with Crippen LogP contribution in [0.4, 0.5) is 0 Å². The number of hydrogen-bond acceptors (Lipinski definition) is 3. The zero-order chi connectivity index (χ0) is 15.2. The summed E-state index contributed by atoms with van der Waals surface area (Å²) in [5, 5.41) is 3.19. The number of nitrogens with zero attached hydrogens (tertiary/aromatic N) is 1. The lowest BCUT2D eigenvalue weighted by Crippen LogP contribution is -2.43. The van der Waals surface area contributed by atoms with Gasteiger partial charge in [0.25, 0.3) is 0 Å². The van der Waals surface area contributed by atoms with Crippen LogP contribution in [0.3, 0.4) is 0 Å². The van der Waals surface area contributed by atoms with Gasteiger partial charge in [0, 0.05) is 6.04 Å². The average molecular weight is 409 g/mol. The van der Waals surface area contributed by atoms with Gasteiger partial charge in [0.15, 0.2) is 5.96 Å². The molecule has 0 radical (unpaired) electrons. The molecule has 1 aliphatic carbocycles. The second-order valence-corrected chi connectivity index (χ2v) is 6.24. The van der Waals surface area contributed by atoms with Crippen molar-refractivity contribution < 1.29 is 9.53 Å². The molecule has 1 rings (SSSR count). The fourth-order valence-electron chi connectivity index (χ4n) is 2.28. The summed E-state index contributed by atoms with van der Waals surface area (Å²) in [5.74, 6) is 0.383. The third kappa shape index (κ3) is 8.28. The Balaban J connectivity index is 0.00000400. The van der Waals surface area contributed by atoms with Gasteiger partial charge >= 0.3 is 5.97 Å². The van der Waals surface area contributed by atoms with E-state index < -0.39 is 5.60 Å². The van der Waals surface area contributed by atoms with Crippen LogP contribution in [0, 0.1) is 5.92 Å². The van der Waals surface area contributed by atoms with E-state index in [0.717, 1.165) is 25.7 Å². The van der Waals surface area contributed by atoms with Crippen molar-refractivity contribution >= 4 is 35.9 Å². The smallest absolute Gasteiger partial charge is 0.309 e. The zero-order valence-electron chi connectivity index (χ0n) is 13.2. The highest BCUT2D eigenvalue weighted by Gasteiger charge is 2.29.